The van der Waals surface area contributed by atoms with Crippen molar-refractivity contribution in [3.05, 3.63) is 75.0 Å². The van der Waals surface area contributed by atoms with E-state index >= 15 is 0 Å². The van der Waals surface area contributed by atoms with Crippen LogP contribution in [0.4, 0.5) is 5.69 Å². The maximum Gasteiger partial charge on any atom is 0.291 e. The van der Waals surface area contributed by atoms with Gasteiger partial charge in [0, 0.05) is 14.3 Å². The Hall–Kier alpha value is -1.84. The average molecular weight is 488 g/mol. The second-order valence-corrected chi connectivity index (χ2v) is 8.60. The molecule has 1 heterocycles. The first-order valence-electron chi connectivity index (χ1n) is 7.04. The lowest BCUT2D eigenvalue weighted by molar-refractivity contribution is 0.0991. The van der Waals surface area contributed by atoms with Crippen LogP contribution in [-0.4, -0.2) is 14.3 Å². The highest BCUT2D eigenvalue weighted by Gasteiger charge is 2.23. The number of amides is 1. The van der Waals surface area contributed by atoms with E-state index < -0.39 is 15.7 Å². The Labute approximate surface area is 163 Å². The monoisotopic (exact) mass is 487 g/mol. The summed E-state index contributed by atoms with van der Waals surface area (Å²) in [6, 6.07) is 15.5. The fourth-order valence-electron chi connectivity index (χ4n) is 2.04. The second-order valence-electron chi connectivity index (χ2n) is 5.04. The third-order valence-corrected chi connectivity index (χ3v) is 5.91. The number of carbonyl (C=O) groups is 1. The lowest BCUT2D eigenvalue weighted by Crippen LogP contribution is -2.10. The van der Waals surface area contributed by atoms with Crippen molar-refractivity contribution in [2.45, 2.75) is 9.99 Å². The van der Waals surface area contributed by atoms with E-state index in [2.05, 4.69) is 27.9 Å². The summed E-state index contributed by atoms with van der Waals surface area (Å²) in [5, 5.41) is 2.77. The molecule has 0 unspecified atom stereocenters. The van der Waals surface area contributed by atoms with Gasteiger partial charge in [0.1, 0.15) is 0 Å². The maximum atomic E-state index is 12.5. The molecule has 128 valence electrons. The summed E-state index contributed by atoms with van der Waals surface area (Å²) in [7, 11) is -3.85. The van der Waals surface area contributed by atoms with Gasteiger partial charge in [-0.3, -0.25) is 4.79 Å². The molecule has 5 nitrogen and oxygen atoms in total. The van der Waals surface area contributed by atoms with Crippen LogP contribution in [-0.2, 0) is 9.84 Å². The SMILES string of the molecule is O=C(Nc1ccc(I)cc1)c1ccc(S(=O)(=O)c2ccc(Cl)cc2)o1. The molecule has 3 rings (SSSR count). The zero-order valence-electron chi connectivity index (χ0n) is 12.6. The fourth-order valence-corrected chi connectivity index (χ4v) is 3.70. The minimum absolute atomic E-state index is 0.0378. The smallest absolute Gasteiger partial charge is 0.291 e. The van der Waals surface area contributed by atoms with Crippen molar-refractivity contribution in [3.63, 3.8) is 0 Å². The summed E-state index contributed by atoms with van der Waals surface area (Å²) >= 11 is 7.92. The van der Waals surface area contributed by atoms with Gasteiger partial charge in [-0.15, -0.1) is 0 Å². The van der Waals surface area contributed by atoms with Crippen LogP contribution >= 0.6 is 34.2 Å². The van der Waals surface area contributed by atoms with Gasteiger partial charge < -0.3 is 9.73 Å². The average Bonchev–Trinajstić information content (AvgIpc) is 3.08. The van der Waals surface area contributed by atoms with E-state index in [-0.39, 0.29) is 15.7 Å². The van der Waals surface area contributed by atoms with Crippen molar-refractivity contribution in [1.29, 1.82) is 0 Å². The van der Waals surface area contributed by atoms with Gasteiger partial charge in [0.25, 0.3) is 5.91 Å². The van der Waals surface area contributed by atoms with Gasteiger partial charge in [-0.2, -0.15) is 0 Å². The van der Waals surface area contributed by atoms with E-state index in [1.807, 2.05) is 12.1 Å². The Kier molecular flexibility index (Phi) is 5.16. The van der Waals surface area contributed by atoms with E-state index in [9.17, 15) is 13.2 Å². The first kappa shape index (κ1) is 18.0. The van der Waals surface area contributed by atoms with Gasteiger partial charge in [-0.1, -0.05) is 11.6 Å². The van der Waals surface area contributed by atoms with Crippen LogP contribution in [0.2, 0.25) is 5.02 Å². The van der Waals surface area contributed by atoms with Crippen molar-refractivity contribution in [3.8, 4) is 0 Å². The normalized spacial score (nSPS) is 11.3. The maximum absolute atomic E-state index is 12.5. The predicted molar refractivity (Wildman–Crippen MR) is 103 cm³/mol. The molecule has 0 saturated carbocycles. The van der Waals surface area contributed by atoms with Gasteiger partial charge >= 0.3 is 0 Å². The minimum atomic E-state index is -3.85. The third kappa shape index (κ3) is 4.05. The number of carbonyl (C=O) groups excluding carboxylic acids is 1. The molecule has 1 aromatic heterocycles. The zero-order valence-corrected chi connectivity index (χ0v) is 16.3. The number of anilines is 1. The molecule has 2 aromatic carbocycles. The molecule has 0 atom stereocenters. The van der Waals surface area contributed by atoms with E-state index in [0.717, 1.165) is 3.57 Å². The lowest BCUT2D eigenvalue weighted by Gasteiger charge is -2.03. The topological polar surface area (TPSA) is 76.4 Å². The van der Waals surface area contributed by atoms with Crippen LogP contribution in [0, 0.1) is 3.57 Å². The first-order chi connectivity index (χ1) is 11.9. The molecule has 0 aliphatic carbocycles. The van der Waals surface area contributed by atoms with E-state index in [0.29, 0.717) is 10.7 Å². The largest absolute Gasteiger partial charge is 0.439 e. The molecule has 0 aliphatic heterocycles. The van der Waals surface area contributed by atoms with Crippen molar-refractivity contribution in [1.82, 2.24) is 0 Å². The van der Waals surface area contributed by atoms with Crippen molar-refractivity contribution >= 4 is 55.6 Å². The van der Waals surface area contributed by atoms with Gasteiger partial charge in [0.05, 0.1) is 4.90 Å². The van der Waals surface area contributed by atoms with Gasteiger partial charge in [-0.05, 0) is 83.3 Å². The van der Waals surface area contributed by atoms with Crippen molar-refractivity contribution in [2.75, 3.05) is 5.32 Å². The number of halogens is 2. The summed E-state index contributed by atoms with van der Waals surface area (Å²) < 4.78 is 31.3. The molecule has 0 aliphatic rings. The van der Waals surface area contributed by atoms with E-state index in [1.165, 1.54) is 36.4 Å². The molecule has 3 aromatic rings. The highest BCUT2D eigenvalue weighted by atomic mass is 127. The molecule has 0 fully saturated rings. The highest BCUT2D eigenvalue weighted by Crippen LogP contribution is 2.24. The summed E-state index contributed by atoms with van der Waals surface area (Å²) in [5.41, 5.74) is 0.587. The van der Waals surface area contributed by atoms with Gasteiger partial charge in [0.15, 0.2) is 5.76 Å². The van der Waals surface area contributed by atoms with Crippen molar-refractivity contribution in [2.24, 2.45) is 0 Å². The van der Waals surface area contributed by atoms with Crippen LogP contribution in [0.3, 0.4) is 0 Å². The standard InChI is InChI=1S/C17H11ClINO4S/c18-11-1-7-14(8-2-11)25(22,23)16-10-9-15(24-16)17(21)20-13-5-3-12(19)4-6-13/h1-10H,(H,20,21). The number of hydrogen-bond donors (Lipinski definition) is 1. The Morgan fingerprint density at radius 1 is 0.960 bits per heavy atom. The summed E-state index contributed by atoms with van der Waals surface area (Å²) in [6.07, 6.45) is 0. The molecule has 1 amide bonds. The van der Waals surface area contributed by atoms with Gasteiger partial charge in [-0.25, -0.2) is 8.42 Å². The predicted octanol–water partition coefficient (Wildman–Crippen LogP) is 4.62. The summed E-state index contributed by atoms with van der Waals surface area (Å²) in [5.74, 6) is -0.621. The Bertz CT molecular complexity index is 1010. The highest BCUT2D eigenvalue weighted by molar-refractivity contribution is 14.1. The Balaban J connectivity index is 1.82. The Morgan fingerprint density at radius 3 is 2.24 bits per heavy atom. The van der Waals surface area contributed by atoms with Crippen LogP contribution in [0.5, 0.6) is 0 Å². The quantitative estimate of drug-likeness (QED) is 0.545. The molecule has 0 bridgehead atoms. The molecular formula is C17H11ClINO4S. The number of hydrogen-bond acceptors (Lipinski definition) is 4. The van der Waals surface area contributed by atoms with Crippen molar-refractivity contribution < 1.29 is 17.6 Å². The zero-order chi connectivity index (χ0) is 18.0. The fraction of sp³-hybridized carbons (Fsp3) is 0. The lowest BCUT2D eigenvalue weighted by atomic mass is 10.3. The molecule has 1 N–H and O–H groups in total. The number of sulfone groups is 1. The first-order valence-corrected chi connectivity index (χ1v) is 9.98. The summed E-state index contributed by atoms with van der Waals surface area (Å²) in [4.78, 5) is 12.2. The molecular weight excluding hydrogens is 477 g/mol. The van der Waals surface area contributed by atoms with E-state index in [4.69, 9.17) is 16.0 Å². The number of rotatable bonds is 4. The number of nitrogens with one attached hydrogen (secondary N) is 1. The molecule has 25 heavy (non-hydrogen) atoms. The molecule has 8 heteroatoms. The van der Waals surface area contributed by atoms with Crippen LogP contribution in [0.25, 0.3) is 0 Å². The third-order valence-electron chi connectivity index (χ3n) is 3.30. The van der Waals surface area contributed by atoms with Crippen LogP contribution < -0.4 is 5.32 Å². The van der Waals surface area contributed by atoms with Crippen LogP contribution in [0.15, 0.2) is 75.1 Å². The number of benzene rings is 2. The Morgan fingerprint density at radius 2 is 1.60 bits per heavy atom. The summed E-state index contributed by atoms with van der Waals surface area (Å²) in [6.45, 7) is 0. The minimum Gasteiger partial charge on any atom is -0.439 e. The van der Waals surface area contributed by atoms with Gasteiger partial charge in [0.2, 0.25) is 14.9 Å². The molecule has 0 saturated heterocycles. The van der Waals surface area contributed by atoms with E-state index in [1.54, 1.807) is 12.1 Å². The molecule has 0 spiro atoms. The number of furan rings is 1. The molecule has 0 radical (unpaired) electrons. The second kappa shape index (κ2) is 7.19. The van der Waals surface area contributed by atoms with Crippen LogP contribution in [0.1, 0.15) is 10.6 Å².